The van der Waals surface area contributed by atoms with Gasteiger partial charge >= 0.3 is 0 Å². The Morgan fingerprint density at radius 2 is 1.81 bits per heavy atom. The molecule has 3 rings (SSSR count). The lowest BCUT2D eigenvalue weighted by molar-refractivity contribution is -0.121. The highest BCUT2D eigenvalue weighted by Crippen LogP contribution is 2.24. The minimum atomic E-state index is -0.136. The first-order valence-electron chi connectivity index (χ1n) is 6.99. The predicted octanol–water partition coefficient (Wildman–Crippen LogP) is 2.80. The van der Waals surface area contributed by atoms with Crippen molar-refractivity contribution in [3.63, 3.8) is 0 Å². The van der Waals surface area contributed by atoms with Gasteiger partial charge in [-0.05, 0) is 23.6 Å². The molecule has 0 saturated carbocycles. The molecular formula is C17H19ClN2O. The Kier molecular flexibility index (Phi) is 5.23. The lowest BCUT2D eigenvalue weighted by Crippen LogP contribution is -2.39. The molecule has 1 heterocycles. The summed E-state index contributed by atoms with van der Waals surface area (Å²) in [5, 5.41) is 6.28. The third-order valence-corrected chi connectivity index (χ3v) is 3.64. The highest BCUT2D eigenvalue weighted by molar-refractivity contribution is 5.87. The zero-order valence-electron chi connectivity index (χ0n) is 11.7. The van der Waals surface area contributed by atoms with Crippen LogP contribution in [-0.4, -0.2) is 18.5 Å². The third kappa shape index (κ3) is 3.76. The molecule has 110 valence electrons. The Morgan fingerprint density at radius 1 is 1.10 bits per heavy atom. The zero-order valence-corrected chi connectivity index (χ0v) is 12.5. The number of benzene rings is 2. The first-order chi connectivity index (χ1) is 9.83. The van der Waals surface area contributed by atoms with Crippen molar-refractivity contribution in [2.24, 2.45) is 0 Å². The van der Waals surface area contributed by atoms with E-state index in [0.29, 0.717) is 6.54 Å². The molecule has 2 aromatic rings. The van der Waals surface area contributed by atoms with Gasteiger partial charge in [0.15, 0.2) is 0 Å². The van der Waals surface area contributed by atoms with E-state index < -0.39 is 0 Å². The number of carbonyl (C=O) groups excluding carboxylic acids is 1. The summed E-state index contributed by atoms with van der Waals surface area (Å²) in [7, 11) is 0. The molecular weight excluding hydrogens is 284 g/mol. The molecule has 1 aliphatic rings. The van der Waals surface area contributed by atoms with Gasteiger partial charge in [0.2, 0.25) is 5.91 Å². The smallest absolute Gasteiger partial charge is 0.242 e. The van der Waals surface area contributed by atoms with Crippen LogP contribution in [0.15, 0.2) is 54.6 Å². The molecule has 1 atom stereocenters. The quantitative estimate of drug-likeness (QED) is 0.912. The number of anilines is 1. The summed E-state index contributed by atoms with van der Waals surface area (Å²) in [6.07, 6.45) is 1.64. The zero-order chi connectivity index (χ0) is 13.8. The molecule has 0 spiro atoms. The monoisotopic (exact) mass is 302 g/mol. The molecule has 4 heteroatoms. The molecule has 0 saturated heterocycles. The summed E-state index contributed by atoms with van der Waals surface area (Å²) in [4.78, 5) is 12.1. The predicted molar refractivity (Wildman–Crippen MR) is 88.0 cm³/mol. The van der Waals surface area contributed by atoms with Crippen molar-refractivity contribution in [1.82, 2.24) is 5.32 Å². The molecule has 0 radical (unpaired) electrons. The van der Waals surface area contributed by atoms with E-state index in [-0.39, 0.29) is 24.4 Å². The Morgan fingerprint density at radius 3 is 2.57 bits per heavy atom. The summed E-state index contributed by atoms with van der Waals surface area (Å²) in [6.45, 7) is 0.678. The average molecular weight is 303 g/mol. The number of carbonyl (C=O) groups is 1. The van der Waals surface area contributed by atoms with Crippen LogP contribution in [0.5, 0.6) is 0 Å². The minimum absolute atomic E-state index is 0. The molecule has 2 N–H and O–H groups in total. The van der Waals surface area contributed by atoms with Gasteiger partial charge < -0.3 is 10.6 Å². The highest BCUT2D eigenvalue weighted by atomic mass is 35.5. The first kappa shape index (κ1) is 15.4. The summed E-state index contributed by atoms with van der Waals surface area (Å²) in [5.74, 6) is 0.0807. The fourth-order valence-electron chi connectivity index (χ4n) is 2.55. The van der Waals surface area contributed by atoms with Crippen LogP contribution < -0.4 is 10.6 Å². The van der Waals surface area contributed by atoms with Crippen molar-refractivity contribution in [2.45, 2.75) is 18.9 Å². The van der Waals surface area contributed by atoms with Crippen molar-refractivity contribution in [2.75, 3.05) is 11.9 Å². The van der Waals surface area contributed by atoms with Gasteiger partial charge in [0.05, 0.1) is 0 Å². The van der Waals surface area contributed by atoms with Crippen molar-refractivity contribution in [3.05, 3.63) is 65.7 Å². The van der Waals surface area contributed by atoms with Crippen LogP contribution in [0.3, 0.4) is 0 Å². The van der Waals surface area contributed by atoms with Gasteiger partial charge in [-0.25, -0.2) is 0 Å². The topological polar surface area (TPSA) is 41.1 Å². The van der Waals surface area contributed by atoms with Crippen molar-refractivity contribution in [3.8, 4) is 0 Å². The van der Waals surface area contributed by atoms with E-state index in [0.717, 1.165) is 18.5 Å². The van der Waals surface area contributed by atoms with Gasteiger partial charge in [-0.15, -0.1) is 12.4 Å². The minimum Gasteiger partial charge on any atom is -0.373 e. The van der Waals surface area contributed by atoms with E-state index in [2.05, 4.69) is 28.8 Å². The second kappa shape index (κ2) is 7.14. The molecule has 2 aromatic carbocycles. The van der Waals surface area contributed by atoms with Crippen LogP contribution in [0.1, 0.15) is 11.1 Å². The summed E-state index contributed by atoms with van der Waals surface area (Å²) >= 11 is 0. The van der Waals surface area contributed by atoms with E-state index in [1.807, 2.05) is 36.4 Å². The van der Waals surface area contributed by atoms with Gasteiger partial charge in [-0.3, -0.25) is 4.79 Å². The number of amides is 1. The van der Waals surface area contributed by atoms with E-state index in [1.54, 1.807) is 0 Å². The number of hydrogen-bond donors (Lipinski definition) is 2. The van der Waals surface area contributed by atoms with Gasteiger partial charge in [0.1, 0.15) is 6.04 Å². The van der Waals surface area contributed by atoms with E-state index in [4.69, 9.17) is 0 Å². The van der Waals surface area contributed by atoms with Crippen molar-refractivity contribution >= 4 is 24.0 Å². The normalized spacial score (nSPS) is 15.5. The lowest BCUT2D eigenvalue weighted by Gasteiger charge is -2.12. The van der Waals surface area contributed by atoms with E-state index in [9.17, 15) is 4.79 Å². The largest absolute Gasteiger partial charge is 0.373 e. The number of halogens is 1. The maximum absolute atomic E-state index is 12.1. The molecule has 0 bridgehead atoms. The molecule has 1 aliphatic heterocycles. The molecule has 0 aliphatic carbocycles. The average Bonchev–Trinajstić information content (AvgIpc) is 2.92. The first-order valence-corrected chi connectivity index (χ1v) is 6.99. The van der Waals surface area contributed by atoms with Crippen LogP contribution in [0.2, 0.25) is 0 Å². The number of rotatable bonds is 4. The Bertz CT molecular complexity index is 576. The molecule has 21 heavy (non-hydrogen) atoms. The van der Waals surface area contributed by atoms with Crippen LogP contribution in [0, 0.1) is 0 Å². The number of hydrogen-bond acceptors (Lipinski definition) is 2. The summed E-state index contributed by atoms with van der Waals surface area (Å²) in [5.41, 5.74) is 3.54. The maximum atomic E-state index is 12.1. The highest BCUT2D eigenvalue weighted by Gasteiger charge is 2.25. The van der Waals surface area contributed by atoms with Crippen molar-refractivity contribution < 1.29 is 4.79 Å². The standard InChI is InChI=1S/C17H18N2O.ClH/c20-17(18-11-10-13-6-2-1-3-7-13)16-12-14-8-4-5-9-15(14)19-16;/h1-9,16,19H,10-12H2,(H,18,20);1H/t16-;/m0./s1. The summed E-state index contributed by atoms with van der Waals surface area (Å²) < 4.78 is 0. The van der Waals surface area contributed by atoms with E-state index in [1.165, 1.54) is 11.1 Å². The second-order valence-electron chi connectivity index (χ2n) is 5.08. The fraction of sp³-hybridized carbons (Fsp3) is 0.235. The van der Waals surface area contributed by atoms with Crippen LogP contribution >= 0.6 is 12.4 Å². The van der Waals surface area contributed by atoms with Gasteiger partial charge in [0.25, 0.3) is 0 Å². The Labute approximate surface area is 131 Å². The lowest BCUT2D eigenvalue weighted by atomic mass is 10.1. The number of nitrogens with one attached hydrogen (secondary N) is 2. The Hall–Kier alpha value is -2.00. The van der Waals surface area contributed by atoms with Crippen LogP contribution in [-0.2, 0) is 17.6 Å². The van der Waals surface area contributed by atoms with Crippen LogP contribution in [0.25, 0.3) is 0 Å². The maximum Gasteiger partial charge on any atom is 0.242 e. The molecule has 0 fully saturated rings. The third-order valence-electron chi connectivity index (χ3n) is 3.64. The molecule has 0 unspecified atom stereocenters. The van der Waals surface area contributed by atoms with Gasteiger partial charge in [-0.2, -0.15) is 0 Å². The number of para-hydroxylation sites is 1. The van der Waals surface area contributed by atoms with E-state index >= 15 is 0 Å². The van der Waals surface area contributed by atoms with Crippen molar-refractivity contribution in [1.29, 1.82) is 0 Å². The summed E-state index contributed by atoms with van der Waals surface area (Å²) in [6, 6.07) is 18.2. The molecule has 0 aromatic heterocycles. The second-order valence-corrected chi connectivity index (χ2v) is 5.08. The number of fused-ring (bicyclic) bond motifs is 1. The molecule has 1 amide bonds. The fourth-order valence-corrected chi connectivity index (χ4v) is 2.55. The molecule has 3 nitrogen and oxygen atoms in total. The Balaban J connectivity index is 0.00000161. The van der Waals surface area contributed by atoms with Gasteiger partial charge in [0, 0.05) is 18.7 Å². The SMILES string of the molecule is Cl.O=C(NCCc1ccccc1)[C@@H]1Cc2ccccc2N1. The van der Waals surface area contributed by atoms with Gasteiger partial charge in [-0.1, -0.05) is 48.5 Å². The van der Waals surface area contributed by atoms with Crippen LogP contribution in [0.4, 0.5) is 5.69 Å².